The highest BCUT2D eigenvalue weighted by molar-refractivity contribution is 6.33. The second-order valence-corrected chi connectivity index (χ2v) is 2.94. The lowest BCUT2D eigenvalue weighted by molar-refractivity contribution is 0.467. The molecule has 1 rings (SSSR count). The van der Waals surface area contributed by atoms with E-state index in [-0.39, 0.29) is 5.75 Å². The van der Waals surface area contributed by atoms with Crippen LogP contribution in [0.4, 0.5) is 0 Å². The molecule has 0 fully saturated rings. The van der Waals surface area contributed by atoms with E-state index in [1.807, 2.05) is 6.92 Å². The van der Waals surface area contributed by atoms with Gasteiger partial charge in [-0.15, -0.1) is 0 Å². The third-order valence-corrected chi connectivity index (χ3v) is 2.10. The van der Waals surface area contributed by atoms with E-state index in [1.54, 1.807) is 13.0 Å². The Bertz CT molecular complexity index is 334. The Morgan fingerprint density at radius 2 is 2.00 bits per heavy atom. The fourth-order valence-corrected chi connectivity index (χ4v) is 1.40. The Labute approximate surface area is 76.5 Å². The summed E-state index contributed by atoms with van der Waals surface area (Å²) in [7, 11) is 0. The van der Waals surface area contributed by atoms with Crippen LogP contribution in [0.3, 0.4) is 0 Å². The minimum atomic E-state index is 0.0390. The number of rotatable bonds is 1. The molecule has 0 aliphatic rings. The maximum Gasteiger partial charge on any atom is 0.156 e. The normalized spacial score (nSPS) is 9.92. The molecule has 1 aromatic heterocycles. The highest BCUT2D eigenvalue weighted by Gasteiger charge is 2.10. The van der Waals surface area contributed by atoms with Crippen LogP contribution in [0.2, 0.25) is 5.02 Å². The molecular formula is C9H10ClNO. The van der Waals surface area contributed by atoms with Crippen molar-refractivity contribution < 1.29 is 5.11 Å². The summed E-state index contributed by atoms with van der Waals surface area (Å²) in [4.78, 5) is 4.10. The predicted molar refractivity (Wildman–Crippen MR) is 50.5 cm³/mol. The van der Waals surface area contributed by atoms with E-state index in [2.05, 4.69) is 11.6 Å². The fourth-order valence-electron chi connectivity index (χ4n) is 1.05. The average Bonchev–Trinajstić information content (AvgIpc) is 2.01. The Balaban J connectivity index is 3.51. The van der Waals surface area contributed by atoms with Crippen molar-refractivity contribution in [2.75, 3.05) is 0 Å². The summed E-state index contributed by atoms with van der Waals surface area (Å²) in [5.74, 6) is 0.0390. The molecule has 0 saturated carbocycles. The van der Waals surface area contributed by atoms with Gasteiger partial charge in [0.2, 0.25) is 0 Å². The topological polar surface area (TPSA) is 33.1 Å². The van der Waals surface area contributed by atoms with Gasteiger partial charge in [0.25, 0.3) is 0 Å². The van der Waals surface area contributed by atoms with Crippen molar-refractivity contribution >= 4 is 17.7 Å². The number of aryl methyl sites for hydroxylation is 2. The van der Waals surface area contributed by atoms with Crippen LogP contribution in [-0.2, 0) is 0 Å². The number of pyridine rings is 1. The summed E-state index contributed by atoms with van der Waals surface area (Å²) >= 11 is 5.84. The Hall–Kier alpha value is -1.02. The molecule has 0 spiro atoms. The first kappa shape index (κ1) is 9.07. The molecule has 2 nitrogen and oxygen atoms in total. The zero-order valence-electron chi connectivity index (χ0n) is 7.06. The van der Waals surface area contributed by atoms with Crippen molar-refractivity contribution in [1.29, 1.82) is 0 Å². The average molecular weight is 184 g/mol. The molecule has 1 heterocycles. The van der Waals surface area contributed by atoms with E-state index >= 15 is 0 Å². The molecule has 3 heteroatoms. The van der Waals surface area contributed by atoms with Gasteiger partial charge in [-0.05, 0) is 13.8 Å². The van der Waals surface area contributed by atoms with Gasteiger partial charge in [-0.3, -0.25) is 4.98 Å². The monoisotopic (exact) mass is 183 g/mol. The first-order chi connectivity index (χ1) is 5.57. The van der Waals surface area contributed by atoms with Gasteiger partial charge in [0, 0.05) is 11.3 Å². The Morgan fingerprint density at radius 1 is 1.42 bits per heavy atom. The fraction of sp³-hybridized carbons (Fsp3) is 0.222. The molecule has 64 valence electrons. The van der Waals surface area contributed by atoms with Crippen LogP contribution in [0.1, 0.15) is 17.0 Å². The lowest BCUT2D eigenvalue weighted by Gasteiger charge is -2.06. The maximum atomic E-state index is 9.40. The predicted octanol–water partition coefficient (Wildman–Crippen LogP) is 2.70. The summed E-state index contributed by atoms with van der Waals surface area (Å²) in [6.07, 6.45) is 1.59. The van der Waals surface area contributed by atoms with Crippen molar-refractivity contribution in [1.82, 2.24) is 4.98 Å². The summed E-state index contributed by atoms with van der Waals surface area (Å²) < 4.78 is 0. The zero-order valence-corrected chi connectivity index (χ0v) is 7.81. The van der Waals surface area contributed by atoms with Gasteiger partial charge in [0.1, 0.15) is 0 Å². The van der Waals surface area contributed by atoms with Gasteiger partial charge < -0.3 is 5.11 Å². The van der Waals surface area contributed by atoms with Gasteiger partial charge in [-0.2, -0.15) is 0 Å². The molecule has 0 saturated heterocycles. The number of nitrogens with zero attached hydrogens (tertiary/aromatic N) is 1. The minimum absolute atomic E-state index is 0.0390. The smallest absolute Gasteiger partial charge is 0.156 e. The zero-order chi connectivity index (χ0) is 9.30. The lowest BCUT2D eigenvalue weighted by atomic mass is 10.1. The number of aromatic nitrogens is 1. The Kier molecular flexibility index (Phi) is 2.38. The van der Waals surface area contributed by atoms with Crippen LogP contribution in [0.5, 0.6) is 5.75 Å². The van der Waals surface area contributed by atoms with Gasteiger partial charge in [-0.1, -0.05) is 24.3 Å². The van der Waals surface area contributed by atoms with Crippen LogP contribution < -0.4 is 0 Å². The molecule has 0 bridgehead atoms. The molecule has 0 aliphatic carbocycles. The van der Waals surface area contributed by atoms with Gasteiger partial charge in [0.05, 0.1) is 10.7 Å². The van der Waals surface area contributed by atoms with Crippen molar-refractivity contribution in [2.45, 2.75) is 13.8 Å². The number of hydrogen-bond donors (Lipinski definition) is 1. The van der Waals surface area contributed by atoms with Crippen molar-refractivity contribution in [3.63, 3.8) is 0 Å². The highest BCUT2D eigenvalue weighted by atomic mass is 35.5. The standard InChI is InChI=1S/C9H10ClNO/c1-4-7-5(2)11-6(3)9(12)8(7)10/h4,12H,1H2,2-3H3. The first-order valence-corrected chi connectivity index (χ1v) is 3.93. The maximum absolute atomic E-state index is 9.40. The second-order valence-electron chi connectivity index (χ2n) is 2.56. The molecule has 0 unspecified atom stereocenters. The Morgan fingerprint density at radius 3 is 2.50 bits per heavy atom. The molecular weight excluding hydrogens is 174 g/mol. The number of halogens is 1. The van der Waals surface area contributed by atoms with Crippen LogP contribution >= 0.6 is 11.6 Å². The third kappa shape index (κ3) is 1.30. The van der Waals surface area contributed by atoms with Crippen LogP contribution in [0, 0.1) is 13.8 Å². The SMILES string of the molecule is C=Cc1c(C)nc(C)c(O)c1Cl. The van der Waals surface area contributed by atoms with Crippen molar-refractivity contribution in [2.24, 2.45) is 0 Å². The molecule has 0 radical (unpaired) electrons. The summed E-state index contributed by atoms with van der Waals surface area (Å²) in [6.45, 7) is 7.13. The summed E-state index contributed by atoms with van der Waals surface area (Å²) in [5, 5.41) is 9.73. The van der Waals surface area contributed by atoms with Gasteiger partial charge in [-0.25, -0.2) is 0 Å². The molecule has 1 aromatic rings. The molecule has 0 aliphatic heterocycles. The van der Waals surface area contributed by atoms with E-state index in [0.29, 0.717) is 16.3 Å². The van der Waals surface area contributed by atoms with Crippen LogP contribution in [0.25, 0.3) is 6.08 Å². The second kappa shape index (κ2) is 3.15. The molecule has 1 N–H and O–H groups in total. The third-order valence-electron chi connectivity index (χ3n) is 1.72. The van der Waals surface area contributed by atoms with Crippen molar-refractivity contribution in [3.8, 4) is 5.75 Å². The van der Waals surface area contributed by atoms with E-state index in [1.165, 1.54) is 0 Å². The molecule has 0 aromatic carbocycles. The first-order valence-electron chi connectivity index (χ1n) is 3.56. The quantitative estimate of drug-likeness (QED) is 0.726. The van der Waals surface area contributed by atoms with E-state index in [9.17, 15) is 5.11 Å². The lowest BCUT2D eigenvalue weighted by Crippen LogP contribution is -1.92. The van der Waals surface area contributed by atoms with Gasteiger partial charge in [0.15, 0.2) is 5.75 Å². The van der Waals surface area contributed by atoms with E-state index in [4.69, 9.17) is 11.6 Å². The van der Waals surface area contributed by atoms with Crippen LogP contribution in [0.15, 0.2) is 6.58 Å². The van der Waals surface area contributed by atoms with E-state index in [0.717, 1.165) is 5.69 Å². The summed E-state index contributed by atoms with van der Waals surface area (Å²) in [6, 6.07) is 0. The van der Waals surface area contributed by atoms with Crippen LogP contribution in [-0.4, -0.2) is 10.1 Å². The minimum Gasteiger partial charge on any atom is -0.505 e. The molecule has 0 amide bonds. The van der Waals surface area contributed by atoms with Gasteiger partial charge >= 0.3 is 0 Å². The molecule has 12 heavy (non-hydrogen) atoms. The highest BCUT2D eigenvalue weighted by Crippen LogP contribution is 2.31. The number of hydrogen-bond acceptors (Lipinski definition) is 2. The molecule has 0 atom stereocenters. The number of aromatic hydroxyl groups is 1. The largest absolute Gasteiger partial charge is 0.505 e. The van der Waals surface area contributed by atoms with Crippen molar-refractivity contribution in [3.05, 3.63) is 28.6 Å². The van der Waals surface area contributed by atoms with E-state index < -0.39 is 0 Å². The summed E-state index contributed by atoms with van der Waals surface area (Å²) in [5.41, 5.74) is 2.02.